The van der Waals surface area contributed by atoms with Crippen molar-refractivity contribution in [2.45, 2.75) is 64.5 Å². The molecule has 2 unspecified atom stereocenters. The monoisotopic (exact) mass is 1470 g/mol. The number of carbonyl (C=O) groups excluding carboxylic acids is 6. The Labute approximate surface area is 630 Å². The van der Waals surface area contributed by atoms with Crippen molar-refractivity contribution in [2.24, 2.45) is 0 Å². The van der Waals surface area contributed by atoms with Gasteiger partial charge in [0.15, 0.2) is 0 Å². The van der Waals surface area contributed by atoms with E-state index in [0.29, 0.717) is 48.2 Å². The number of hydrogen-bond donors (Lipinski definition) is 6. The number of aliphatic hydroxyl groups excluding tert-OH is 4. The number of imide groups is 2. The Morgan fingerprint density at radius 1 is 0.345 bits per heavy atom. The van der Waals surface area contributed by atoms with E-state index in [1.807, 2.05) is 0 Å². The minimum Gasteiger partial charge on any atom is -0.508 e. The number of aliphatic hydroxyl groups is 4. The molecule has 2 atom stereocenters. The van der Waals surface area contributed by atoms with Gasteiger partial charge in [0.2, 0.25) is 0 Å². The van der Waals surface area contributed by atoms with Crippen LogP contribution in [0.3, 0.4) is 0 Å². The van der Waals surface area contributed by atoms with E-state index in [0.717, 1.165) is 32.1 Å². The number of carbonyl (C=O) groups is 6. The first-order valence-corrected chi connectivity index (χ1v) is 36.2. The highest BCUT2D eigenvalue weighted by atomic mass is 16.5. The number of anilines is 2. The molecule has 6 N–H and O–H groups in total. The summed E-state index contributed by atoms with van der Waals surface area (Å²) in [5.74, 6) is -4.32. The van der Waals surface area contributed by atoms with Crippen molar-refractivity contribution in [2.75, 3.05) is 49.3 Å². The number of nitrogens with zero attached hydrogens (tertiary/aromatic N) is 6. The van der Waals surface area contributed by atoms with E-state index in [1.165, 1.54) is 83.1 Å². The molecule has 6 amide bonds. The maximum Gasteiger partial charge on any atom is 0.262 e. The third-order valence-corrected chi connectivity index (χ3v) is 20.2. The molecule has 22 nitrogen and oxygen atoms in total. The number of aromatic nitrogens is 2. The maximum atomic E-state index is 16.7. The zero-order valence-electron chi connectivity index (χ0n) is 59.9. The highest BCUT2D eigenvalue weighted by Gasteiger charge is 2.48. The van der Waals surface area contributed by atoms with Crippen LogP contribution in [-0.4, -0.2) is 137 Å². The first-order chi connectivity index (χ1) is 53.6. The van der Waals surface area contributed by atoms with Gasteiger partial charge in [-0.15, -0.1) is 0 Å². The zero-order valence-corrected chi connectivity index (χ0v) is 59.9. The van der Waals surface area contributed by atoms with Crippen LogP contribution < -0.4 is 28.7 Å². The first-order valence-electron chi connectivity index (χ1n) is 36.2. The standard InChI is InChI=1S/C88H74N6O16/c1-3-91(57-29-37-89-38-30-57)87(105)69(45-55-5-17-59(99)18-6-55)93-83(101)65-47-71(107-61-21-9-51(10-22-61)33-41-95)77-79-73(109-63-25-13-53(14-26-63)35-43-97)49-67-76-68(86(104)94(85(67)103)70(46-56-7-19-60(100)20-8-56)88(106)92(4-2)58-31-39-90-40-32-58)50-74(110-64-27-15-54(16-28-64)36-44-98)80(82(76)79)78-72(48-66(84(93)102)75(65)81(77)78)108-62-23-11-52(12-24-62)34-42-96/h5-32,37-40,47-50,69-70,95-100H,3-4,33-36,41-46H2,1-2H3. The Kier molecular flexibility index (Phi) is 20.4. The lowest BCUT2D eigenvalue weighted by Crippen LogP contribution is -2.55. The topological polar surface area (TPSA) is 299 Å². The van der Waals surface area contributed by atoms with E-state index in [4.69, 9.17) is 18.9 Å². The van der Waals surface area contributed by atoms with Crippen LogP contribution in [0.4, 0.5) is 11.4 Å². The Hall–Kier alpha value is -13.1. The van der Waals surface area contributed by atoms with Crippen molar-refractivity contribution in [3.63, 3.8) is 0 Å². The quantitative estimate of drug-likeness (QED) is 0.0151. The van der Waals surface area contributed by atoms with Crippen LogP contribution in [0.15, 0.2) is 219 Å². The van der Waals surface area contributed by atoms with Crippen LogP contribution >= 0.6 is 0 Å². The molecule has 2 aliphatic heterocycles. The fraction of sp³-hybridized carbons (Fsp3) is 0.182. The van der Waals surface area contributed by atoms with Gasteiger partial charge in [0, 0.05) is 132 Å². The second kappa shape index (κ2) is 31.0. The Bertz CT molecular complexity index is 5090. The molecular weight excluding hydrogens is 1400 g/mol. The number of rotatable bonds is 28. The molecule has 0 radical (unpaired) electrons. The molecule has 0 saturated heterocycles. The number of amides is 6. The molecule has 2 aromatic heterocycles. The second-order valence-electron chi connectivity index (χ2n) is 26.9. The maximum absolute atomic E-state index is 16.7. The molecule has 110 heavy (non-hydrogen) atoms. The van der Waals surface area contributed by atoms with E-state index >= 15 is 28.8 Å². The van der Waals surface area contributed by atoms with Crippen molar-refractivity contribution in [3.05, 3.63) is 275 Å². The summed E-state index contributed by atoms with van der Waals surface area (Å²) in [6.45, 7) is 3.08. The number of fused-ring (bicyclic) bond motifs is 2. The zero-order chi connectivity index (χ0) is 76.4. The average Bonchev–Trinajstić information content (AvgIpc) is 0.669. The summed E-state index contributed by atoms with van der Waals surface area (Å²) >= 11 is 0. The molecule has 0 fully saturated rings. The second-order valence-corrected chi connectivity index (χ2v) is 26.9. The molecule has 11 aromatic carbocycles. The first kappa shape index (κ1) is 72.4. The van der Waals surface area contributed by atoms with Gasteiger partial charge in [0.25, 0.3) is 35.4 Å². The molecule has 0 saturated carbocycles. The van der Waals surface area contributed by atoms with E-state index in [-0.39, 0.29) is 175 Å². The van der Waals surface area contributed by atoms with Crippen LogP contribution in [0.5, 0.6) is 57.5 Å². The lowest BCUT2D eigenvalue weighted by molar-refractivity contribution is -0.123. The van der Waals surface area contributed by atoms with Crippen LogP contribution in [0, 0.1) is 0 Å². The molecule has 552 valence electrons. The lowest BCUT2D eigenvalue weighted by Gasteiger charge is -2.37. The van der Waals surface area contributed by atoms with E-state index in [2.05, 4.69) is 9.97 Å². The predicted molar refractivity (Wildman–Crippen MR) is 414 cm³/mol. The summed E-state index contributed by atoms with van der Waals surface area (Å²) in [6.07, 6.45) is 6.83. The average molecular weight is 1470 g/mol. The highest BCUT2D eigenvalue weighted by molar-refractivity contribution is 6.45. The minimum absolute atomic E-state index is 0.0435. The lowest BCUT2D eigenvalue weighted by atomic mass is 9.80. The van der Waals surface area contributed by atoms with Gasteiger partial charge in [0.1, 0.15) is 69.6 Å². The van der Waals surface area contributed by atoms with E-state index in [9.17, 15) is 30.6 Å². The smallest absolute Gasteiger partial charge is 0.262 e. The summed E-state index contributed by atoms with van der Waals surface area (Å²) in [4.78, 5) is 112. The molecule has 0 bridgehead atoms. The highest BCUT2D eigenvalue weighted by Crippen LogP contribution is 2.58. The van der Waals surface area contributed by atoms with Gasteiger partial charge in [-0.05, 0) is 194 Å². The third kappa shape index (κ3) is 13.7. The largest absolute Gasteiger partial charge is 0.508 e. The van der Waals surface area contributed by atoms with Crippen molar-refractivity contribution in [1.82, 2.24) is 19.8 Å². The van der Waals surface area contributed by atoms with Crippen LogP contribution in [0.1, 0.15) is 88.7 Å². The summed E-state index contributed by atoms with van der Waals surface area (Å²) in [7, 11) is 0. The van der Waals surface area contributed by atoms with Crippen molar-refractivity contribution in [1.29, 1.82) is 0 Å². The SMILES string of the molecule is CCN(C(=O)C(Cc1ccc(O)cc1)N1C(=O)c2cc(Oc3ccc(CCO)cc3)c3c4c(Oc5ccc(CCO)cc5)cc5c6c(cc(Oc7ccc(CCO)cc7)c(c7c(Oc8ccc(CCO)cc8)cc(c2c37)C1=O)c64)C(=O)N(C(Cc1ccc(O)cc1)C(=O)N(CC)c1ccncc1)C5=O)c1ccncc1. The van der Waals surface area contributed by atoms with Crippen molar-refractivity contribution in [3.8, 4) is 57.5 Å². The molecule has 4 heterocycles. The number of aromatic hydroxyl groups is 2. The van der Waals surface area contributed by atoms with Gasteiger partial charge in [-0.3, -0.25) is 48.5 Å². The van der Waals surface area contributed by atoms with Gasteiger partial charge in [-0.1, -0.05) is 72.8 Å². The number of phenols is 2. The third-order valence-electron chi connectivity index (χ3n) is 20.2. The summed E-state index contributed by atoms with van der Waals surface area (Å²) < 4.78 is 29.0. The number of hydrogen-bond acceptors (Lipinski definition) is 18. The normalized spacial score (nSPS) is 13.2. The summed E-state index contributed by atoms with van der Waals surface area (Å²) in [5.41, 5.74) is 4.42. The van der Waals surface area contributed by atoms with E-state index in [1.54, 1.807) is 159 Å². The fourth-order valence-corrected chi connectivity index (χ4v) is 15.0. The van der Waals surface area contributed by atoms with Gasteiger partial charge in [-0.2, -0.15) is 0 Å². The van der Waals surface area contributed by atoms with Gasteiger partial charge in [0.05, 0.1) is 22.3 Å². The predicted octanol–water partition coefficient (Wildman–Crippen LogP) is 13.8. The fourth-order valence-electron chi connectivity index (χ4n) is 15.0. The molecule has 13 aromatic rings. The molecule has 0 spiro atoms. The van der Waals surface area contributed by atoms with Gasteiger partial charge in [-0.25, -0.2) is 0 Å². The van der Waals surface area contributed by atoms with Crippen molar-refractivity contribution >= 4 is 89.9 Å². The molecular formula is C88H74N6O16. The molecule has 2 aliphatic rings. The van der Waals surface area contributed by atoms with Gasteiger partial charge >= 0.3 is 0 Å². The number of ether oxygens (including phenoxy) is 4. The number of likely N-dealkylation sites (N-methyl/N-ethyl adjacent to an activating group) is 2. The molecule has 0 aliphatic carbocycles. The number of pyridine rings is 2. The Morgan fingerprint density at radius 3 is 0.827 bits per heavy atom. The number of benzene rings is 11. The summed E-state index contributed by atoms with van der Waals surface area (Å²) in [5, 5.41) is 62.6. The minimum atomic E-state index is -1.58. The molecule has 15 rings (SSSR count). The number of phenolic OH excluding ortho intramolecular Hbond substituents is 2. The van der Waals surface area contributed by atoms with Crippen LogP contribution in [-0.2, 0) is 48.1 Å². The molecule has 22 heteroatoms. The van der Waals surface area contributed by atoms with Crippen molar-refractivity contribution < 1.29 is 78.4 Å². The van der Waals surface area contributed by atoms with Crippen LogP contribution in [0.2, 0.25) is 0 Å². The van der Waals surface area contributed by atoms with Gasteiger partial charge < -0.3 is 59.4 Å². The Balaban J connectivity index is 1.09. The Morgan fingerprint density at radius 2 is 0.591 bits per heavy atom. The van der Waals surface area contributed by atoms with E-state index < -0.39 is 47.5 Å². The van der Waals surface area contributed by atoms with Crippen LogP contribution in [0.25, 0.3) is 43.1 Å². The summed E-state index contributed by atoms with van der Waals surface area (Å²) in [6, 6.07) is 49.2.